The summed E-state index contributed by atoms with van der Waals surface area (Å²) >= 11 is 0. The number of rotatable bonds is 11. The van der Waals surface area contributed by atoms with Gasteiger partial charge >= 0.3 is 0 Å². The molecule has 1 aliphatic heterocycles. The molecule has 6 aromatic rings. The second kappa shape index (κ2) is 17.2. The summed E-state index contributed by atoms with van der Waals surface area (Å²) in [4.78, 5) is 4.00. The number of benzene rings is 7. The number of nitrogens with one attached hydrogen (secondary N) is 3. The molecule has 2 aliphatic rings. The molecule has 0 saturated carbocycles. The highest BCUT2D eigenvalue weighted by Crippen LogP contribution is 2.45. The van der Waals surface area contributed by atoms with Crippen LogP contribution in [0.4, 0.5) is 39.8 Å². The van der Waals surface area contributed by atoms with E-state index in [4.69, 9.17) is 9.41 Å². The molecule has 0 spiro atoms. The number of hydrogen-bond acceptors (Lipinski definition) is 11. The molecule has 0 bridgehead atoms. The lowest BCUT2D eigenvalue weighted by Crippen LogP contribution is -2.11. The van der Waals surface area contributed by atoms with E-state index < -0.39 is 30.4 Å². The minimum Gasteiger partial charge on any atom is -0.456 e. The first kappa shape index (κ1) is 45.7. The van der Waals surface area contributed by atoms with Crippen LogP contribution in [0.2, 0.25) is 0 Å². The molecule has 0 fully saturated rings. The Bertz CT molecular complexity index is 3650. The monoisotopic (exact) mass is 944 g/mol. The van der Waals surface area contributed by atoms with Crippen LogP contribution in [-0.4, -0.2) is 38.9 Å². The number of nitrogens with zero attached hydrogens (tertiary/aromatic N) is 1. The molecule has 0 unspecified atom stereocenters. The molecule has 1 heterocycles. The van der Waals surface area contributed by atoms with E-state index in [-0.39, 0.29) is 48.4 Å². The Hall–Kier alpha value is -6.86. The third-order valence-corrected chi connectivity index (χ3v) is 14.7. The highest BCUT2D eigenvalue weighted by atomic mass is 32.2. The zero-order valence-corrected chi connectivity index (χ0v) is 38.9. The summed E-state index contributed by atoms with van der Waals surface area (Å²) in [6, 6.07) is 34.3. The van der Waals surface area contributed by atoms with Gasteiger partial charge in [-0.2, -0.15) is 25.3 Å². The first-order valence-electron chi connectivity index (χ1n) is 20.4. The van der Waals surface area contributed by atoms with Crippen LogP contribution in [0.15, 0.2) is 145 Å². The largest absolute Gasteiger partial charge is 0.456 e. The van der Waals surface area contributed by atoms with Gasteiger partial charge in [0.05, 0.1) is 11.0 Å². The molecule has 1 aliphatic carbocycles. The molecule has 0 radical (unpaired) electrons. The highest BCUT2D eigenvalue weighted by molar-refractivity contribution is 7.86. The summed E-state index contributed by atoms with van der Waals surface area (Å²) in [6.45, 7) is 9.95. The van der Waals surface area contributed by atoms with Gasteiger partial charge in [0.15, 0.2) is 0 Å². The Kier molecular flexibility index (Phi) is 11.9. The summed E-state index contributed by atoms with van der Waals surface area (Å²) in [6.07, 6.45) is 0. The van der Waals surface area contributed by atoms with Gasteiger partial charge in [-0.15, -0.1) is 0 Å². The lowest BCUT2D eigenvalue weighted by atomic mass is 9.93. The molecule has 66 heavy (non-hydrogen) atoms. The van der Waals surface area contributed by atoms with Crippen molar-refractivity contribution in [1.29, 1.82) is 0 Å². The summed E-state index contributed by atoms with van der Waals surface area (Å²) in [5.74, 6) is 0.229. The van der Waals surface area contributed by atoms with Crippen LogP contribution < -0.4 is 21.3 Å². The van der Waals surface area contributed by atoms with E-state index in [1.807, 2.05) is 67.6 Å². The van der Waals surface area contributed by atoms with E-state index in [2.05, 4.69) is 16.0 Å². The summed E-state index contributed by atoms with van der Waals surface area (Å²) in [5.41, 5.74) is 6.95. The van der Waals surface area contributed by atoms with Crippen LogP contribution >= 0.6 is 0 Å². The summed E-state index contributed by atoms with van der Waals surface area (Å²) in [5, 5.41) is 10.7. The normalized spacial score (nSPS) is 12.5. The van der Waals surface area contributed by atoms with E-state index in [0.29, 0.717) is 78.2 Å². The molecule has 0 amide bonds. The molecular formula is C49H44N4O10S3. The van der Waals surface area contributed by atoms with Crippen molar-refractivity contribution in [3.63, 3.8) is 0 Å². The molecule has 0 atom stereocenters. The minimum atomic E-state index is -4.74. The molecule has 17 heteroatoms. The van der Waals surface area contributed by atoms with Crippen molar-refractivity contribution in [2.75, 3.05) is 16.0 Å². The van der Waals surface area contributed by atoms with E-state index in [1.54, 1.807) is 83.1 Å². The predicted molar refractivity (Wildman–Crippen MR) is 257 cm³/mol. The van der Waals surface area contributed by atoms with Crippen molar-refractivity contribution in [1.82, 2.24) is 0 Å². The Morgan fingerprint density at radius 3 is 1.52 bits per heavy atom. The van der Waals surface area contributed by atoms with Gasteiger partial charge < -0.3 is 20.4 Å². The third-order valence-electron chi connectivity index (χ3n) is 11.6. The number of anilines is 6. The average Bonchev–Trinajstić information content (AvgIpc) is 3.25. The predicted octanol–water partition coefficient (Wildman–Crippen LogP) is 11.3. The second-order valence-corrected chi connectivity index (χ2v) is 20.0. The fourth-order valence-corrected chi connectivity index (χ4v) is 11.4. The van der Waals surface area contributed by atoms with Gasteiger partial charge in [-0.1, -0.05) is 54.6 Å². The van der Waals surface area contributed by atoms with Gasteiger partial charge in [0.1, 0.15) is 26.0 Å². The second-order valence-electron chi connectivity index (χ2n) is 15.9. The maximum absolute atomic E-state index is 12.9. The van der Waals surface area contributed by atoms with E-state index in [0.717, 1.165) is 0 Å². The van der Waals surface area contributed by atoms with Gasteiger partial charge in [-0.3, -0.25) is 13.7 Å². The van der Waals surface area contributed by atoms with Gasteiger partial charge in [0.25, 0.3) is 30.4 Å². The fraction of sp³-hybridized carbons (Fsp3) is 0.122. The summed E-state index contributed by atoms with van der Waals surface area (Å²) < 4.78 is 115. The van der Waals surface area contributed by atoms with Gasteiger partial charge in [-0.05, 0) is 130 Å². The molecule has 338 valence electrons. The van der Waals surface area contributed by atoms with Crippen LogP contribution in [0.3, 0.4) is 0 Å². The molecule has 6 aromatic carbocycles. The van der Waals surface area contributed by atoms with Crippen molar-refractivity contribution < 1.29 is 43.3 Å². The van der Waals surface area contributed by atoms with Crippen LogP contribution in [0.1, 0.15) is 33.4 Å². The van der Waals surface area contributed by atoms with E-state index in [1.165, 1.54) is 12.1 Å². The van der Waals surface area contributed by atoms with Crippen molar-refractivity contribution in [3.05, 3.63) is 160 Å². The lowest BCUT2D eigenvalue weighted by molar-refractivity contribution is 0.479. The first-order valence-corrected chi connectivity index (χ1v) is 24.7. The Balaban J connectivity index is 1.36. The van der Waals surface area contributed by atoms with Crippen LogP contribution in [0.5, 0.6) is 0 Å². The average molecular weight is 945 g/mol. The van der Waals surface area contributed by atoms with Crippen molar-refractivity contribution in [2.45, 2.75) is 56.2 Å². The first-order chi connectivity index (χ1) is 31.1. The van der Waals surface area contributed by atoms with Crippen molar-refractivity contribution >= 4 is 81.1 Å². The standard InChI is InChI=1S/C49H44N4O10S3/c1-27-44(50-33-15-9-7-10-16-33)29(3)48(65(57,58)59)31(5)46(27)52-35-21-23-37-40(25-35)63-41-26-36(22-24-38(41)43(37)39-19-13-14-20-42(39)64(54,55)56)53-47-28(2)45(51-34-17-11-8-12-18-34)30(4)49(32(47)6)66(60,61)62/h7-26,50-52H,1-6H3,(H,54,55,56)(H,57,58,59)(H,60,61,62)/b53-36+. The SMILES string of the molecule is Cc1c(/N=c2\ccc3c(-c4ccccc4S(=O)(=O)O)c4ccc(Nc5c(C)c(Nc6ccccc6)c(C)c(S(=O)(=O)O)c5C)cc4oc-3c2)c(C)c(S(=O)(=O)O)c(C)c1Nc1ccccc1. The van der Waals surface area contributed by atoms with Crippen LogP contribution in [-0.2, 0) is 30.4 Å². The minimum absolute atomic E-state index is 0.176. The van der Waals surface area contributed by atoms with Gasteiger partial charge in [0, 0.05) is 68.3 Å². The number of fused-ring (bicyclic) bond motifs is 2. The quantitative estimate of drug-likeness (QED) is 0.0525. The van der Waals surface area contributed by atoms with E-state index in [9.17, 15) is 38.9 Å². The van der Waals surface area contributed by atoms with Crippen molar-refractivity contribution in [2.24, 2.45) is 4.99 Å². The van der Waals surface area contributed by atoms with Crippen molar-refractivity contribution in [3.8, 4) is 22.5 Å². The molecule has 14 nitrogen and oxygen atoms in total. The maximum atomic E-state index is 12.9. The zero-order chi connectivity index (χ0) is 47.5. The molecule has 0 aromatic heterocycles. The number of hydrogen-bond donors (Lipinski definition) is 6. The summed E-state index contributed by atoms with van der Waals surface area (Å²) in [7, 11) is -14.2. The van der Waals surface area contributed by atoms with Gasteiger partial charge in [-0.25, -0.2) is 4.99 Å². The Morgan fingerprint density at radius 1 is 0.470 bits per heavy atom. The third kappa shape index (κ3) is 8.67. The molecular weight excluding hydrogens is 901 g/mol. The topological polar surface area (TPSA) is 225 Å². The Labute approximate surface area is 382 Å². The van der Waals surface area contributed by atoms with Crippen LogP contribution in [0, 0.1) is 41.5 Å². The molecule has 8 rings (SSSR count). The lowest BCUT2D eigenvalue weighted by Gasteiger charge is -2.23. The van der Waals surface area contributed by atoms with Gasteiger partial charge in [0.2, 0.25) is 0 Å². The fourth-order valence-electron chi connectivity index (χ4n) is 8.70. The highest BCUT2D eigenvalue weighted by Gasteiger charge is 2.28. The number of para-hydroxylation sites is 2. The maximum Gasteiger partial charge on any atom is 0.295 e. The smallest absolute Gasteiger partial charge is 0.295 e. The van der Waals surface area contributed by atoms with E-state index >= 15 is 0 Å². The molecule has 0 saturated heterocycles. The molecule has 6 N–H and O–H groups in total. The Morgan fingerprint density at radius 2 is 0.970 bits per heavy atom. The zero-order valence-electron chi connectivity index (χ0n) is 36.4. The van der Waals surface area contributed by atoms with Crippen LogP contribution in [0.25, 0.3) is 33.4 Å².